The van der Waals surface area contributed by atoms with Crippen LogP contribution in [0.2, 0.25) is 0 Å². The second-order valence-corrected chi connectivity index (χ2v) is 5.58. The molecular formula is C15H24O. The van der Waals surface area contributed by atoms with Crippen molar-refractivity contribution in [3.8, 4) is 0 Å². The van der Waals surface area contributed by atoms with Crippen LogP contribution < -0.4 is 0 Å². The lowest BCUT2D eigenvalue weighted by Gasteiger charge is -2.18. The van der Waals surface area contributed by atoms with Gasteiger partial charge >= 0.3 is 0 Å². The zero-order valence-corrected chi connectivity index (χ0v) is 10.9. The highest BCUT2D eigenvalue weighted by molar-refractivity contribution is 5.75. The molecule has 0 aromatic carbocycles. The monoisotopic (exact) mass is 220 g/mol. The van der Waals surface area contributed by atoms with Gasteiger partial charge in [0.25, 0.3) is 0 Å². The van der Waals surface area contributed by atoms with Gasteiger partial charge in [-0.2, -0.15) is 0 Å². The van der Waals surface area contributed by atoms with Gasteiger partial charge in [-0.05, 0) is 44.4 Å². The molecule has 0 bridgehead atoms. The van der Waals surface area contributed by atoms with Crippen LogP contribution in [-0.2, 0) is 4.79 Å². The predicted octanol–water partition coefficient (Wildman–Crippen LogP) is 4.44. The standard InChI is InChI=1S/C15H24O/c1-13(16)7-4-5-8-14-9-6-11-15(2,3)12-10-14/h6,9,11H,4-5,7-8,10,12H2,1-3H3. The Morgan fingerprint density at radius 1 is 1.38 bits per heavy atom. The van der Waals surface area contributed by atoms with Gasteiger partial charge < -0.3 is 4.79 Å². The summed E-state index contributed by atoms with van der Waals surface area (Å²) in [7, 11) is 0. The number of unbranched alkanes of at least 4 members (excludes halogenated alkanes) is 1. The van der Waals surface area contributed by atoms with E-state index in [1.54, 1.807) is 12.5 Å². The van der Waals surface area contributed by atoms with Gasteiger partial charge in [-0.1, -0.05) is 37.6 Å². The molecule has 0 saturated heterocycles. The van der Waals surface area contributed by atoms with E-state index in [0.717, 1.165) is 25.7 Å². The first-order valence-corrected chi connectivity index (χ1v) is 6.36. The Kier molecular flexibility index (Phi) is 4.98. The minimum Gasteiger partial charge on any atom is -0.300 e. The van der Waals surface area contributed by atoms with Crippen LogP contribution in [0.25, 0.3) is 0 Å². The van der Waals surface area contributed by atoms with Crippen molar-refractivity contribution in [3.63, 3.8) is 0 Å². The van der Waals surface area contributed by atoms with Crippen molar-refractivity contribution in [1.29, 1.82) is 0 Å². The Hall–Kier alpha value is -0.850. The molecule has 0 aromatic heterocycles. The van der Waals surface area contributed by atoms with E-state index in [1.165, 1.54) is 12.8 Å². The topological polar surface area (TPSA) is 17.1 Å². The molecule has 1 rings (SSSR count). The van der Waals surface area contributed by atoms with Crippen molar-refractivity contribution in [3.05, 3.63) is 23.8 Å². The SMILES string of the molecule is CC(=O)CCCCC1=CC=CC(C)(C)CC1. The first kappa shape index (κ1) is 13.2. The fourth-order valence-electron chi connectivity index (χ4n) is 2.03. The number of ketones is 1. The van der Waals surface area contributed by atoms with Crippen LogP contribution in [0.1, 0.15) is 59.3 Å². The zero-order valence-electron chi connectivity index (χ0n) is 10.9. The molecule has 1 aliphatic rings. The van der Waals surface area contributed by atoms with E-state index < -0.39 is 0 Å². The van der Waals surface area contributed by atoms with Crippen LogP contribution in [0.15, 0.2) is 23.8 Å². The Bertz CT molecular complexity index is 295. The lowest BCUT2D eigenvalue weighted by molar-refractivity contribution is -0.117. The molecule has 0 atom stereocenters. The molecule has 1 heteroatoms. The number of carbonyl (C=O) groups is 1. The highest BCUT2D eigenvalue weighted by Crippen LogP contribution is 2.30. The molecule has 0 fully saturated rings. The molecule has 1 nitrogen and oxygen atoms in total. The van der Waals surface area contributed by atoms with Gasteiger partial charge in [-0.25, -0.2) is 0 Å². The summed E-state index contributed by atoms with van der Waals surface area (Å²) in [6, 6.07) is 0. The average Bonchev–Trinajstić information content (AvgIpc) is 2.34. The molecule has 0 spiro atoms. The van der Waals surface area contributed by atoms with Crippen LogP contribution in [-0.4, -0.2) is 5.78 Å². The van der Waals surface area contributed by atoms with Crippen LogP contribution in [0.4, 0.5) is 0 Å². The van der Waals surface area contributed by atoms with Gasteiger partial charge in [0.1, 0.15) is 5.78 Å². The Morgan fingerprint density at radius 3 is 2.81 bits per heavy atom. The molecule has 0 N–H and O–H groups in total. The van der Waals surface area contributed by atoms with Gasteiger partial charge in [0.15, 0.2) is 0 Å². The van der Waals surface area contributed by atoms with Gasteiger partial charge in [0.05, 0.1) is 0 Å². The average molecular weight is 220 g/mol. The maximum absolute atomic E-state index is 10.8. The van der Waals surface area contributed by atoms with E-state index in [0.29, 0.717) is 11.2 Å². The molecular weight excluding hydrogens is 196 g/mol. The Morgan fingerprint density at radius 2 is 2.12 bits per heavy atom. The normalized spacial score (nSPS) is 19.1. The quantitative estimate of drug-likeness (QED) is 0.626. The number of Topliss-reactive ketones (excluding diaryl/α,β-unsaturated/α-hetero) is 1. The fraction of sp³-hybridized carbons (Fsp3) is 0.667. The number of hydrogen-bond acceptors (Lipinski definition) is 1. The van der Waals surface area contributed by atoms with Gasteiger partial charge in [-0.15, -0.1) is 0 Å². The lowest BCUT2D eigenvalue weighted by atomic mass is 9.87. The first-order chi connectivity index (χ1) is 7.49. The smallest absolute Gasteiger partial charge is 0.129 e. The maximum Gasteiger partial charge on any atom is 0.129 e. The van der Waals surface area contributed by atoms with E-state index in [9.17, 15) is 4.79 Å². The predicted molar refractivity (Wildman–Crippen MR) is 69.4 cm³/mol. The Labute approximate surface area is 99.6 Å². The molecule has 0 amide bonds. The van der Waals surface area contributed by atoms with Gasteiger partial charge in [0, 0.05) is 6.42 Å². The first-order valence-electron chi connectivity index (χ1n) is 6.36. The van der Waals surface area contributed by atoms with Crippen LogP contribution in [0.5, 0.6) is 0 Å². The summed E-state index contributed by atoms with van der Waals surface area (Å²) in [6.07, 6.45) is 13.3. The molecule has 90 valence electrons. The van der Waals surface area contributed by atoms with Crippen molar-refractivity contribution >= 4 is 5.78 Å². The van der Waals surface area contributed by atoms with Crippen molar-refractivity contribution < 1.29 is 4.79 Å². The number of carbonyl (C=O) groups excluding carboxylic acids is 1. The number of rotatable bonds is 5. The number of allylic oxidation sites excluding steroid dienone is 4. The van der Waals surface area contributed by atoms with E-state index in [2.05, 4.69) is 32.1 Å². The largest absolute Gasteiger partial charge is 0.300 e. The summed E-state index contributed by atoms with van der Waals surface area (Å²) < 4.78 is 0. The molecule has 0 aromatic rings. The third kappa shape index (κ3) is 5.29. The molecule has 0 heterocycles. The Balaban J connectivity index is 2.27. The second kappa shape index (κ2) is 6.03. The van der Waals surface area contributed by atoms with Crippen LogP contribution in [0, 0.1) is 5.41 Å². The van der Waals surface area contributed by atoms with E-state index in [1.807, 2.05) is 0 Å². The molecule has 0 unspecified atom stereocenters. The van der Waals surface area contributed by atoms with Gasteiger partial charge in [-0.3, -0.25) is 0 Å². The highest BCUT2D eigenvalue weighted by Gasteiger charge is 2.15. The van der Waals surface area contributed by atoms with Crippen LogP contribution in [0.3, 0.4) is 0 Å². The molecule has 1 aliphatic carbocycles. The molecule has 16 heavy (non-hydrogen) atoms. The van der Waals surface area contributed by atoms with Gasteiger partial charge in [0.2, 0.25) is 0 Å². The van der Waals surface area contributed by atoms with Crippen LogP contribution >= 0.6 is 0 Å². The van der Waals surface area contributed by atoms with E-state index >= 15 is 0 Å². The summed E-state index contributed by atoms with van der Waals surface area (Å²) in [6.45, 7) is 6.25. The zero-order chi connectivity index (χ0) is 12.0. The highest BCUT2D eigenvalue weighted by atomic mass is 16.1. The third-order valence-electron chi connectivity index (χ3n) is 3.25. The number of hydrogen-bond donors (Lipinski definition) is 0. The summed E-state index contributed by atoms with van der Waals surface area (Å²) in [4.78, 5) is 10.8. The minimum atomic E-state index is 0.316. The van der Waals surface area contributed by atoms with E-state index in [-0.39, 0.29) is 0 Å². The summed E-state index contributed by atoms with van der Waals surface area (Å²) in [5.74, 6) is 0.316. The maximum atomic E-state index is 10.8. The second-order valence-electron chi connectivity index (χ2n) is 5.58. The summed E-state index contributed by atoms with van der Waals surface area (Å²) in [5.41, 5.74) is 1.89. The minimum absolute atomic E-state index is 0.316. The van der Waals surface area contributed by atoms with Crippen molar-refractivity contribution in [2.45, 2.75) is 59.3 Å². The van der Waals surface area contributed by atoms with E-state index in [4.69, 9.17) is 0 Å². The lowest BCUT2D eigenvalue weighted by Crippen LogP contribution is -2.05. The summed E-state index contributed by atoms with van der Waals surface area (Å²) >= 11 is 0. The fourth-order valence-corrected chi connectivity index (χ4v) is 2.03. The molecule has 0 saturated carbocycles. The van der Waals surface area contributed by atoms with Crippen molar-refractivity contribution in [2.75, 3.05) is 0 Å². The van der Waals surface area contributed by atoms with Crippen molar-refractivity contribution in [2.24, 2.45) is 5.41 Å². The summed E-state index contributed by atoms with van der Waals surface area (Å²) in [5, 5.41) is 0. The third-order valence-corrected chi connectivity index (χ3v) is 3.25. The van der Waals surface area contributed by atoms with Crippen molar-refractivity contribution in [1.82, 2.24) is 0 Å². The molecule has 0 radical (unpaired) electrons. The molecule has 0 aliphatic heterocycles.